The number of carbonyl (C=O) groups is 1. The van der Waals surface area contributed by atoms with Crippen molar-refractivity contribution in [1.82, 2.24) is 0 Å². The molecule has 0 aliphatic heterocycles. The van der Waals surface area contributed by atoms with Gasteiger partial charge in [-0.15, -0.1) is 0 Å². The molecule has 0 amide bonds. The van der Waals surface area contributed by atoms with Crippen molar-refractivity contribution in [3.8, 4) is 0 Å². The Morgan fingerprint density at radius 1 is 1.67 bits per heavy atom. The Morgan fingerprint density at radius 3 is 2.50 bits per heavy atom. The fraction of sp³-hybridized carbons (Fsp3) is 0.667. The third-order valence-electron chi connectivity index (χ3n) is 1.21. The largest absolute Gasteiger partial charge is 0.433 e. The smallest absolute Gasteiger partial charge is 0.332 e. The van der Waals surface area contributed by atoms with E-state index in [2.05, 4.69) is 11.3 Å². The van der Waals surface area contributed by atoms with E-state index in [1.807, 2.05) is 20.8 Å². The summed E-state index contributed by atoms with van der Waals surface area (Å²) >= 11 is 0. The molecule has 0 rings (SSSR count). The zero-order valence-electron chi connectivity index (χ0n) is 7.83. The maximum absolute atomic E-state index is 10.6. The summed E-state index contributed by atoms with van der Waals surface area (Å²) in [5.41, 5.74) is -0.0547. The van der Waals surface area contributed by atoms with Gasteiger partial charge in [0.25, 0.3) is 0 Å². The monoisotopic (exact) mass is 172 g/mol. The summed E-state index contributed by atoms with van der Waals surface area (Å²) in [7, 11) is 0. The normalized spacial score (nSPS) is 13.7. The minimum atomic E-state index is -1.03. The first kappa shape index (κ1) is 11.2. The maximum Gasteiger partial charge on any atom is 0.332 e. The maximum atomic E-state index is 10.6. The lowest BCUT2D eigenvalue weighted by Crippen LogP contribution is -2.22. The first-order chi connectivity index (χ1) is 5.35. The number of esters is 1. The van der Waals surface area contributed by atoms with Crippen molar-refractivity contribution >= 4 is 5.97 Å². The molecule has 0 aliphatic rings. The third-order valence-corrected chi connectivity index (χ3v) is 1.21. The van der Waals surface area contributed by atoms with Crippen molar-refractivity contribution in [2.75, 3.05) is 0 Å². The molecule has 0 saturated carbocycles. The summed E-state index contributed by atoms with van der Waals surface area (Å²) in [6.07, 6.45) is 0.425. The molecular formula is C9H16O3. The molecule has 0 spiro atoms. The van der Waals surface area contributed by atoms with E-state index < -0.39 is 12.3 Å². The number of aliphatic hydroxyl groups excluding tert-OH is 1. The quantitative estimate of drug-likeness (QED) is 0.398. The van der Waals surface area contributed by atoms with Crippen molar-refractivity contribution in [3.63, 3.8) is 0 Å². The van der Waals surface area contributed by atoms with Crippen LogP contribution in [0.15, 0.2) is 12.7 Å². The van der Waals surface area contributed by atoms with E-state index in [1.165, 1.54) is 0 Å². The standard InChI is InChI=1S/C9H16O3/c1-5-7(10)12-8(11)6-9(2,3)4/h5,8,11H,1,6H2,2-4H3. The van der Waals surface area contributed by atoms with E-state index >= 15 is 0 Å². The number of hydrogen-bond donors (Lipinski definition) is 1. The molecule has 0 aromatic heterocycles. The Hall–Kier alpha value is -0.830. The average molecular weight is 172 g/mol. The summed E-state index contributed by atoms with van der Waals surface area (Å²) in [5, 5.41) is 9.20. The Bertz CT molecular complexity index is 167. The molecule has 1 atom stereocenters. The predicted molar refractivity (Wildman–Crippen MR) is 46.4 cm³/mol. The van der Waals surface area contributed by atoms with Gasteiger partial charge in [0, 0.05) is 12.5 Å². The third kappa shape index (κ3) is 5.92. The van der Waals surface area contributed by atoms with Gasteiger partial charge in [0.05, 0.1) is 0 Å². The van der Waals surface area contributed by atoms with Crippen LogP contribution < -0.4 is 0 Å². The lowest BCUT2D eigenvalue weighted by Gasteiger charge is -2.21. The molecule has 0 aromatic rings. The zero-order valence-corrected chi connectivity index (χ0v) is 7.83. The van der Waals surface area contributed by atoms with Crippen LogP contribution in [-0.4, -0.2) is 17.4 Å². The number of aliphatic hydroxyl groups is 1. The van der Waals surface area contributed by atoms with E-state index in [0.717, 1.165) is 6.08 Å². The van der Waals surface area contributed by atoms with Gasteiger partial charge in [0.2, 0.25) is 6.29 Å². The lowest BCUT2D eigenvalue weighted by molar-refractivity contribution is -0.165. The van der Waals surface area contributed by atoms with Crippen LogP contribution in [0, 0.1) is 5.41 Å². The zero-order chi connectivity index (χ0) is 9.78. The van der Waals surface area contributed by atoms with Crippen LogP contribution in [0.3, 0.4) is 0 Å². The Labute approximate surface area is 73.0 Å². The van der Waals surface area contributed by atoms with E-state index in [9.17, 15) is 9.90 Å². The number of hydrogen-bond acceptors (Lipinski definition) is 3. The Morgan fingerprint density at radius 2 is 2.17 bits per heavy atom. The van der Waals surface area contributed by atoms with Crippen LogP contribution >= 0.6 is 0 Å². The molecule has 3 nitrogen and oxygen atoms in total. The van der Waals surface area contributed by atoms with E-state index in [4.69, 9.17) is 0 Å². The van der Waals surface area contributed by atoms with Crippen molar-refractivity contribution in [2.45, 2.75) is 33.5 Å². The molecule has 1 N–H and O–H groups in total. The molecule has 0 radical (unpaired) electrons. The SMILES string of the molecule is C=CC(=O)OC(O)CC(C)(C)C. The van der Waals surface area contributed by atoms with Crippen LogP contribution in [0.5, 0.6) is 0 Å². The van der Waals surface area contributed by atoms with Crippen molar-refractivity contribution in [2.24, 2.45) is 5.41 Å². The summed E-state index contributed by atoms with van der Waals surface area (Å²) in [6, 6.07) is 0. The predicted octanol–water partition coefficient (Wildman–Crippen LogP) is 1.47. The number of ether oxygens (including phenoxy) is 1. The highest BCUT2D eigenvalue weighted by molar-refractivity contribution is 5.81. The van der Waals surface area contributed by atoms with Gasteiger partial charge in [-0.1, -0.05) is 27.4 Å². The molecule has 0 bridgehead atoms. The molecule has 1 unspecified atom stereocenters. The van der Waals surface area contributed by atoms with Crippen molar-refractivity contribution < 1.29 is 14.6 Å². The first-order valence-electron chi connectivity index (χ1n) is 3.86. The van der Waals surface area contributed by atoms with Crippen molar-refractivity contribution in [3.05, 3.63) is 12.7 Å². The molecule has 0 saturated heterocycles. The van der Waals surface area contributed by atoms with E-state index in [-0.39, 0.29) is 5.41 Å². The topological polar surface area (TPSA) is 46.5 Å². The van der Waals surface area contributed by atoms with Gasteiger partial charge in [-0.2, -0.15) is 0 Å². The fourth-order valence-electron chi connectivity index (χ4n) is 0.748. The van der Waals surface area contributed by atoms with Gasteiger partial charge in [-0.3, -0.25) is 0 Å². The molecule has 0 aliphatic carbocycles. The molecule has 0 fully saturated rings. The minimum absolute atomic E-state index is 0.0547. The van der Waals surface area contributed by atoms with Crippen LogP contribution in [0.1, 0.15) is 27.2 Å². The highest BCUT2D eigenvalue weighted by atomic mass is 16.6. The highest BCUT2D eigenvalue weighted by Gasteiger charge is 2.18. The van der Waals surface area contributed by atoms with Gasteiger partial charge in [-0.05, 0) is 5.41 Å². The summed E-state index contributed by atoms with van der Waals surface area (Å²) < 4.78 is 4.57. The van der Waals surface area contributed by atoms with E-state index in [0.29, 0.717) is 6.42 Å². The van der Waals surface area contributed by atoms with Gasteiger partial charge in [-0.25, -0.2) is 4.79 Å². The molecule has 0 heterocycles. The summed E-state index contributed by atoms with van der Waals surface area (Å²) in [6.45, 7) is 9.09. The second-order valence-corrected chi connectivity index (χ2v) is 3.86. The molecule has 3 heteroatoms. The average Bonchev–Trinajstić information content (AvgIpc) is 1.82. The number of rotatable bonds is 3. The van der Waals surface area contributed by atoms with Crippen molar-refractivity contribution in [1.29, 1.82) is 0 Å². The van der Waals surface area contributed by atoms with Crippen LogP contribution in [0.25, 0.3) is 0 Å². The second-order valence-electron chi connectivity index (χ2n) is 3.86. The molecule has 0 aromatic carbocycles. The summed E-state index contributed by atoms with van der Waals surface area (Å²) in [5.74, 6) is -0.591. The minimum Gasteiger partial charge on any atom is -0.433 e. The molecule has 12 heavy (non-hydrogen) atoms. The lowest BCUT2D eigenvalue weighted by atomic mass is 9.92. The summed E-state index contributed by atoms with van der Waals surface area (Å²) in [4.78, 5) is 10.6. The van der Waals surface area contributed by atoms with E-state index in [1.54, 1.807) is 0 Å². The molecular weight excluding hydrogens is 156 g/mol. The Balaban J connectivity index is 3.82. The van der Waals surface area contributed by atoms with Crippen LogP contribution in [-0.2, 0) is 9.53 Å². The first-order valence-corrected chi connectivity index (χ1v) is 3.86. The Kier molecular flexibility index (Phi) is 3.96. The highest BCUT2D eigenvalue weighted by Crippen LogP contribution is 2.21. The second kappa shape index (κ2) is 4.26. The fourth-order valence-corrected chi connectivity index (χ4v) is 0.748. The van der Waals surface area contributed by atoms with Gasteiger partial charge < -0.3 is 9.84 Å². The van der Waals surface area contributed by atoms with Gasteiger partial charge in [0.1, 0.15) is 0 Å². The van der Waals surface area contributed by atoms with Gasteiger partial charge >= 0.3 is 5.97 Å². The van der Waals surface area contributed by atoms with Crippen LogP contribution in [0.4, 0.5) is 0 Å². The van der Waals surface area contributed by atoms with Crippen LogP contribution in [0.2, 0.25) is 0 Å². The van der Waals surface area contributed by atoms with Gasteiger partial charge in [0.15, 0.2) is 0 Å². The molecule has 70 valence electrons. The number of carbonyl (C=O) groups excluding carboxylic acids is 1.